The molecule has 1 saturated carbocycles. The van der Waals surface area contributed by atoms with Gasteiger partial charge in [0.1, 0.15) is 0 Å². The molecule has 1 aromatic rings. The zero-order valence-corrected chi connectivity index (χ0v) is 13.3. The van der Waals surface area contributed by atoms with Crippen LogP contribution in [0.5, 0.6) is 0 Å². The number of nitrogens with zero attached hydrogens (tertiary/aromatic N) is 2. The molecule has 2 heterocycles. The zero-order valence-electron chi connectivity index (χ0n) is 13.3. The lowest BCUT2D eigenvalue weighted by Gasteiger charge is -2.34. The summed E-state index contributed by atoms with van der Waals surface area (Å²) in [5.41, 5.74) is 1.18. The maximum Gasteiger partial charge on any atom is 0.225 e. The Hall–Kier alpha value is -1.58. The first-order valence-corrected chi connectivity index (χ1v) is 8.78. The van der Waals surface area contributed by atoms with Crippen molar-refractivity contribution >= 4 is 11.6 Å². The standard InChI is InChI=1S/C18H27N3O/c22-18(20-16-7-3-1-2-4-8-16)15-6-5-13-21(14-15)17-9-11-19-12-10-17/h9-12,15-16H,1-8,13-14H2,(H,20,22). The molecule has 1 N–H and O–H groups in total. The highest BCUT2D eigenvalue weighted by atomic mass is 16.2. The van der Waals surface area contributed by atoms with Gasteiger partial charge in [0.25, 0.3) is 0 Å². The van der Waals surface area contributed by atoms with Crippen molar-refractivity contribution in [3.05, 3.63) is 24.5 Å². The van der Waals surface area contributed by atoms with Crippen molar-refractivity contribution in [3.8, 4) is 0 Å². The second kappa shape index (κ2) is 7.61. The van der Waals surface area contributed by atoms with Crippen molar-refractivity contribution in [2.24, 2.45) is 5.92 Å². The molecular formula is C18H27N3O. The van der Waals surface area contributed by atoms with Gasteiger partial charge in [-0.05, 0) is 37.8 Å². The minimum Gasteiger partial charge on any atom is -0.371 e. The SMILES string of the molecule is O=C(NC1CCCCCC1)C1CCCN(c2ccncc2)C1. The molecule has 1 aliphatic carbocycles. The summed E-state index contributed by atoms with van der Waals surface area (Å²) in [4.78, 5) is 19.0. The Morgan fingerprint density at radius 3 is 2.50 bits per heavy atom. The second-order valence-electron chi connectivity index (χ2n) is 6.69. The minimum absolute atomic E-state index is 0.130. The van der Waals surface area contributed by atoms with E-state index in [-0.39, 0.29) is 11.8 Å². The number of nitrogens with one attached hydrogen (secondary N) is 1. The molecule has 0 bridgehead atoms. The summed E-state index contributed by atoms with van der Waals surface area (Å²) in [6.45, 7) is 1.87. The number of rotatable bonds is 3. The van der Waals surface area contributed by atoms with Crippen molar-refractivity contribution in [2.75, 3.05) is 18.0 Å². The number of piperidine rings is 1. The summed E-state index contributed by atoms with van der Waals surface area (Å²) in [5.74, 6) is 0.399. The number of anilines is 1. The zero-order chi connectivity index (χ0) is 15.2. The molecule has 0 radical (unpaired) electrons. The Bertz CT molecular complexity index is 468. The molecule has 4 heteroatoms. The Morgan fingerprint density at radius 2 is 1.77 bits per heavy atom. The molecule has 3 rings (SSSR count). The molecule has 0 spiro atoms. The van der Waals surface area contributed by atoms with E-state index in [0.29, 0.717) is 6.04 Å². The molecule has 1 amide bonds. The topological polar surface area (TPSA) is 45.2 Å². The van der Waals surface area contributed by atoms with Crippen LogP contribution in [0.25, 0.3) is 0 Å². The summed E-state index contributed by atoms with van der Waals surface area (Å²) in [5, 5.41) is 3.32. The lowest BCUT2D eigenvalue weighted by Crippen LogP contribution is -2.46. The van der Waals surface area contributed by atoms with Gasteiger partial charge in [-0.1, -0.05) is 25.7 Å². The molecule has 120 valence electrons. The first-order valence-electron chi connectivity index (χ1n) is 8.78. The highest BCUT2D eigenvalue weighted by Crippen LogP contribution is 2.24. The van der Waals surface area contributed by atoms with Gasteiger partial charge in [-0.2, -0.15) is 0 Å². The van der Waals surface area contributed by atoms with Gasteiger partial charge in [0.05, 0.1) is 5.92 Å². The molecule has 1 unspecified atom stereocenters. The highest BCUT2D eigenvalue weighted by Gasteiger charge is 2.27. The van der Waals surface area contributed by atoms with Gasteiger partial charge in [-0.25, -0.2) is 0 Å². The van der Waals surface area contributed by atoms with Crippen LogP contribution in [0.3, 0.4) is 0 Å². The maximum absolute atomic E-state index is 12.6. The molecule has 2 aliphatic rings. The Kier molecular flexibility index (Phi) is 5.30. The summed E-state index contributed by atoms with van der Waals surface area (Å²) >= 11 is 0. The van der Waals surface area contributed by atoms with Crippen molar-refractivity contribution in [1.82, 2.24) is 10.3 Å². The van der Waals surface area contributed by atoms with Gasteiger partial charge in [-0.3, -0.25) is 9.78 Å². The normalized spacial score (nSPS) is 23.8. The van der Waals surface area contributed by atoms with E-state index < -0.39 is 0 Å². The number of pyridine rings is 1. The molecule has 22 heavy (non-hydrogen) atoms. The van der Waals surface area contributed by atoms with Gasteiger partial charge in [0.2, 0.25) is 5.91 Å². The third-order valence-electron chi connectivity index (χ3n) is 5.02. The van der Waals surface area contributed by atoms with E-state index >= 15 is 0 Å². The van der Waals surface area contributed by atoms with Crippen LogP contribution in [0.1, 0.15) is 51.4 Å². The fourth-order valence-electron chi connectivity index (χ4n) is 3.72. The van der Waals surface area contributed by atoms with Crippen LogP contribution in [0.2, 0.25) is 0 Å². The average molecular weight is 301 g/mol. The molecule has 1 atom stereocenters. The fraction of sp³-hybridized carbons (Fsp3) is 0.667. The molecule has 2 fully saturated rings. The Balaban J connectivity index is 1.55. The second-order valence-corrected chi connectivity index (χ2v) is 6.69. The number of amides is 1. The number of hydrogen-bond donors (Lipinski definition) is 1. The highest BCUT2D eigenvalue weighted by molar-refractivity contribution is 5.80. The van der Waals surface area contributed by atoms with Gasteiger partial charge < -0.3 is 10.2 Å². The lowest BCUT2D eigenvalue weighted by molar-refractivity contribution is -0.126. The molecule has 1 aromatic heterocycles. The van der Waals surface area contributed by atoms with Gasteiger partial charge in [-0.15, -0.1) is 0 Å². The van der Waals surface area contributed by atoms with E-state index in [1.165, 1.54) is 31.4 Å². The molecular weight excluding hydrogens is 274 g/mol. The Labute approximate surface area is 133 Å². The van der Waals surface area contributed by atoms with Crippen molar-refractivity contribution in [3.63, 3.8) is 0 Å². The molecule has 1 saturated heterocycles. The van der Waals surface area contributed by atoms with E-state index in [1.807, 2.05) is 24.5 Å². The van der Waals surface area contributed by atoms with Crippen LogP contribution in [0.15, 0.2) is 24.5 Å². The van der Waals surface area contributed by atoms with Gasteiger partial charge in [0.15, 0.2) is 0 Å². The predicted octanol–water partition coefficient (Wildman–Crippen LogP) is 3.14. The summed E-state index contributed by atoms with van der Waals surface area (Å²) in [7, 11) is 0. The van der Waals surface area contributed by atoms with Crippen LogP contribution in [0.4, 0.5) is 5.69 Å². The van der Waals surface area contributed by atoms with E-state index in [2.05, 4.69) is 15.2 Å². The quantitative estimate of drug-likeness (QED) is 0.872. The molecule has 1 aliphatic heterocycles. The average Bonchev–Trinajstić information content (AvgIpc) is 2.84. The number of aromatic nitrogens is 1. The summed E-state index contributed by atoms with van der Waals surface area (Å²) in [6.07, 6.45) is 13.2. The third kappa shape index (κ3) is 3.99. The van der Waals surface area contributed by atoms with E-state index in [9.17, 15) is 4.79 Å². The largest absolute Gasteiger partial charge is 0.371 e. The first-order chi connectivity index (χ1) is 10.8. The molecule has 4 nitrogen and oxygen atoms in total. The number of carbonyl (C=O) groups is 1. The lowest BCUT2D eigenvalue weighted by atomic mass is 9.96. The smallest absolute Gasteiger partial charge is 0.225 e. The van der Waals surface area contributed by atoms with Crippen LogP contribution < -0.4 is 10.2 Å². The van der Waals surface area contributed by atoms with Crippen molar-refractivity contribution in [2.45, 2.75) is 57.4 Å². The third-order valence-corrected chi connectivity index (χ3v) is 5.02. The van der Waals surface area contributed by atoms with Crippen LogP contribution >= 0.6 is 0 Å². The van der Waals surface area contributed by atoms with E-state index in [4.69, 9.17) is 0 Å². The van der Waals surface area contributed by atoms with Gasteiger partial charge in [0, 0.05) is 37.2 Å². The minimum atomic E-state index is 0.130. The van der Waals surface area contributed by atoms with E-state index in [0.717, 1.165) is 38.8 Å². The van der Waals surface area contributed by atoms with Crippen molar-refractivity contribution in [1.29, 1.82) is 0 Å². The first kappa shape index (κ1) is 15.3. The van der Waals surface area contributed by atoms with Crippen LogP contribution in [0, 0.1) is 5.92 Å². The van der Waals surface area contributed by atoms with E-state index in [1.54, 1.807) is 0 Å². The summed E-state index contributed by atoms with van der Waals surface area (Å²) in [6, 6.07) is 4.48. The van der Waals surface area contributed by atoms with Crippen molar-refractivity contribution < 1.29 is 4.79 Å². The van der Waals surface area contributed by atoms with Crippen LogP contribution in [-0.2, 0) is 4.79 Å². The summed E-state index contributed by atoms with van der Waals surface area (Å²) < 4.78 is 0. The monoisotopic (exact) mass is 301 g/mol. The van der Waals surface area contributed by atoms with Gasteiger partial charge >= 0.3 is 0 Å². The molecule has 0 aromatic carbocycles. The number of hydrogen-bond acceptors (Lipinski definition) is 3. The Morgan fingerprint density at radius 1 is 1.05 bits per heavy atom. The fourth-order valence-corrected chi connectivity index (χ4v) is 3.72. The maximum atomic E-state index is 12.6. The predicted molar refractivity (Wildman–Crippen MR) is 88.8 cm³/mol. The van der Waals surface area contributed by atoms with Crippen LogP contribution in [-0.4, -0.2) is 30.0 Å². The number of carbonyl (C=O) groups excluding carboxylic acids is 1.